The zero-order valence-electron chi connectivity index (χ0n) is 14.4. The Hall–Kier alpha value is -0.350. The monoisotopic (exact) mass is 332 g/mol. The van der Waals surface area contributed by atoms with Gasteiger partial charge in [-0.3, -0.25) is 4.55 Å². The summed E-state index contributed by atoms with van der Waals surface area (Å²) >= 11 is 0. The van der Waals surface area contributed by atoms with Crippen molar-refractivity contribution in [1.29, 1.82) is 0 Å². The summed E-state index contributed by atoms with van der Waals surface area (Å²) in [6, 6.07) is 0. The van der Waals surface area contributed by atoms with Crippen molar-refractivity contribution in [3.8, 4) is 0 Å². The molecule has 0 radical (unpaired) electrons. The summed E-state index contributed by atoms with van der Waals surface area (Å²) in [6.45, 7) is 2.26. The number of allylic oxidation sites excluding steroid dienone is 1. The van der Waals surface area contributed by atoms with Crippen LogP contribution in [0.25, 0.3) is 0 Å². The standard InChI is InChI=1S/C18H36O3S/c1-2-3-4-5-6-7-8-9-10-11-12-13-14-15-16-17-18-22(19,20)21/h16-17H,2-15,18H2,1H3,(H,19,20,21). The molecule has 0 saturated carbocycles. The SMILES string of the molecule is CCCCCCCCCCCCCCCC=CCS(=O)(=O)O. The van der Waals surface area contributed by atoms with Gasteiger partial charge in [-0.15, -0.1) is 0 Å². The lowest BCUT2D eigenvalue weighted by atomic mass is 10.0. The van der Waals surface area contributed by atoms with E-state index in [0.717, 1.165) is 12.8 Å². The normalized spacial score (nSPS) is 12.3. The van der Waals surface area contributed by atoms with Crippen LogP contribution in [-0.2, 0) is 10.1 Å². The van der Waals surface area contributed by atoms with Gasteiger partial charge in [0.2, 0.25) is 0 Å². The lowest BCUT2D eigenvalue weighted by Crippen LogP contribution is -1.99. The highest BCUT2D eigenvalue weighted by Crippen LogP contribution is 2.12. The minimum absolute atomic E-state index is 0.258. The molecule has 0 spiro atoms. The van der Waals surface area contributed by atoms with Gasteiger partial charge in [0.25, 0.3) is 10.1 Å². The van der Waals surface area contributed by atoms with Gasteiger partial charge in [-0.25, -0.2) is 0 Å². The van der Waals surface area contributed by atoms with E-state index in [1.807, 2.05) is 6.08 Å². The molecule has 0 aliphatic heterocycles. The van der Waals surface area contributed by atoms with Gasteiger partial charge in [0.1, 0.15) is 0 Å². The highest BCUT2D eigenvalue weighted by molar-refractivity contribution is 7.85. The Bertz CT molecular complexity index is 347. The van der Waals surface area contributed by atoms with Crippen LogP contribution in [0.15, 0.2) is 12.2 Å². The molecule has 4 heteroatoms. The van der Waals surface area contributed by atoms with E-state index < -0.39 is 10.1 Å². The first-order chi connectivity index (χ1) is 10.6. The number of hydrogen-bond donors (Lipinski definition) is 1. The fourth-order valence-corrected chi connectivity index (χ4v) is 2.97. The first-order valence-corrected chi connectivity index (χ1v) is 10.8. The van der Waals surface area contributed by atoms with Crippen LogP contribution >= 0.6 is 0 Å². The van der Waals surface area contributed by atoms with Crippen molar-refractivity contribution in [1.82, 2.24) is 0 Å². The Labute approximate surface area is 138 Å². The average molecular weight is 333 g/mol. The minimum Gasteiger partial charge on any atom is -0.285 e. The van der Waals surface area contributed by atoms with Crippen LogP contribution in [0.3, 0.4) is 0 Å². The quantitative estimate of drug-likeness (QED) is 0.217. The molecule has 3 nitrogen and oxygen atoms in total. The molecule has 0 aromatic heterocycles. The number of rotatable bonds is 16. The molecule has 0 aromatic carbocycles. The van der Waals surface area contributed by atoms with Gasteiger partial charge in [-0.05, 0) is 12.8 Å². The largest absolute Gasteiger partial charge is 0.285 e. The summed E-state index contributed by atoms with van der Waals surface area (Å²) < 4.78 is 29.5. The first-order valence-electron chi connectivity index (χ1n) is 9.16. The van der Waals surface area contributed by atoms with Crippen LogP contribution in [0.4, 0.5) is 0 Å². The predicted octanol–water partition coefficient (Wildman–Crippen LogP) is 5.91. The Balaban J connectivity index is 3.11. The summed E-state index contributed by atoms with van der Waals surface area (Å²) in [5.74, 6) is -0.258. The Kier molecular flexibility index (Phi) is 15.3. The second-order valence-electron chi connectivity index (χ2n) is 6.25. The van der Waals surface area contributed by atoms with E-state index in [1.165, 1.54) is 83.1 Å². The summed E-state index contributed by atoms with van der Waals surface area (Å²) in [5, 5.41) is 0. The molecule has 22 heavy (non-hydrogen) atoms. The molecule has 0 aliphatic rings. The van der Waals surface area contributed by atoms with Gasteiger partial charge in [-0.2, -0.15) is 8.42 Å². The second-order valence-corrected chi connectivity index (χ2v) is 7.75. The maximum atomic E-state index is 10.5. The van der Waals surface area contributed by atoms with Crippen LogP contribution in [0, 0.1) is 0 Å². The van der Waals surface area contributed by atoms with E-state index in [0.29, 0.717) is 0 Å². The molecule has 0 fully saturated rings. The highest BCUT2D eigenvalue weighted by atomic mass is 32.2. The maximum absolute atomic E-state index is 10.5. The molecule has 0 unspecified atom stereocenters. The third-order valence-electron chi connectivity index (χ3n) is 3.95. The van der Waals surface area contributed by atoms with Crippen molar-refractivity contribution in [3.05, 3.63) is 12.2 Å². The lowest BCUT2D eigenvalue weighted by molar-refractivity contribution is 0.486. The molecule has 0 aliphatic carbocycles. The lowest BCUT2D eigenvalue weighted by Gasteiger charge is -2.02. The zero-order chi connectivity index (χ0) is 16.5. The van der Waals surface area contributed by atoms with Gasteiger partial charge in [0.15, 0.2) is 0 Å². The third kappa shape index (κ3) is 19.7. The van der Waals surface area contributed by atoms with E-state index in [4.69, 9.17) is 4.55 Å². The van der Waals surface area contributed by atoms with Gasteiger partial charge in [0, 0.05) is 0 Å². The van der Waals surface area contributed by atoms with Gasteiger partial charge < -0.3 is 0 Å². The van der Waals surface area contributed by atoms with E-state index in [2.05, 4.69) is 6.92 Å². The van der Waals surface area contributed by atoms with Crippen LogP contribution in [0.5, 0.6) is 0 Å². The highest BCUT2D eigenvalue weighted by Gasteiger charge is 1.98. The molecule has 0 rings (SSSR count). The van der Waals surface area contributed by atoms with E-state index in [9.17, 15) is 8.42 Å². The molecule has 0 aromatic rings. The second kappa shape index (κ2) is 15.5. The molecule has 0 saturated heterocycles. The fourth-order valence-electron chi connectivity index (χ4n) is 2.59. The van der Waals surface area contributed by atoms with Gasteiger partial charge in [0.05, 0.1) is 5.75 Å². The van der Waals surface area contributed by atoms with E-state index in [-0.39, 0.29) is 5.75 Å². The Morgan fingerprint density at radius 1 is 0.682 bits per heavy atom. The smallest absolute Gasteiger partial charge is 0.268 e. The average Bonchev–Trinajstić information content (AvgIpc) is 2.45. The molecular formula is C18H36O3S. The van der Waals surface area contributed by atoms with Crippen molar-refractivity contribution in [3.63, 3.8) is 0 Å². The van der Waals surface area contributed by atoms with Gasteiger partial charge >= 0.3 is 0 Å². The van der Waals surface area contributed by atoms with Crippen LogP contribution in [0.1, 0.15) is 96.8 Å². The number of hydrogen-bond acceptors (Lipinski definition) is 2. The summed E-state index contributed by atoms with van der Waals surface area (Å²) in [6.07, 6.45) is 21.7. The Morgan fingerprint density at radius 3 is 1.50 bits per heavy atom. The molecule has 132 valence electrons. The Morgan fingerprint density at radius 2 is 1.09 bits per heavy atom. The van der Waals surface area contributed by atoms with Crippen molar-refractivity contribution in [2.75, 3.05) is 5.75 Å². The molecule has 1 N–H and O–H groups in total. The first kappa shape index (κ1) is 21.6. The molecule has 0 bridgehead atoms. The summed E-state index contributed by atoms with van der Waals surface area (Å²) in [5.41, 5.74) is 0. The summed E-state index contributed by atoms with van der Waals surface area (Å²) in [7, 11) is -3.83. The maximum Gasteiger partial charge on any atom is 0.268 e. The molecule has 0 atom stereocenters. The number of unbranched alkanes of at least 4 members (excludes halogenated alkanes) is 13. The van der Waals surface area contributed by atoms with E-state index >= 15 is 0 Å². The zero-order valence-corrected chi connectivity index (χ0v) is 15.2. The van der Waals surface area contributed by atoms with Gasteiger partial charge in [-0.1, -0.05) is 96.1 Å². The van der Waals surface area contributed by atoms with Crippen LogP contribution in [0.2, 0.25) is 0 Å². The molecular weight excluding hydrogens is 296 g/mol. The predicted molar refractivity (Wildman–Crippen MR) is 95.9 cm³/mol. The molecule has 0 heterocycles. The fraction of sp³-hybridized carbons (Fsp3) is 0.889. The van der Waals surface area contributed by atoms with Crippen molar-refractivity contribution in [2.45, 2.75) is 96.8 Å². The van der Waals surface area contributed by atoms with Crippen LogP contribution < -0.4 is 0 Å². The van der Waals surface area contributed by atoms with Crippen molar-refractivity contribution >= 4 is 10.1 Å². The summed E-state index contributed by atoms with van der Waals surface area (Å²) in [4.78, 5) is 0. The topological polar surface area (TPSA) is 54.4 Å². The van der Waals surface area contributed by atoms with E-state index in [1.54, 1.807) is 0 Å². The van der Waals surface area contributed by atoms with Crippen LogP contribution in [-0.4, -0.2) is 18.7 Å². The van der Waals surface area contributed by atoms with Crippen molar-refractivity contribution in [2.24, 2.45) is 0 Å². The molecule has 0 amide bonds. The van der Waals surface area contributed by atoms with Crippen molar-refractivity contribution < 1.29 is 13.0 Å². The minimum atomic E-state index is -3.83. The third-order valence-corrected chi connectivity index (χ3v) is 4.56.